The summed E-state index contributed by atoms with van der Waals surface area (Å²) in [4.78, 5) is 27.9. The predicted molar refractivity (Wildman–Crippen MR) is 122 cm³/mol. The second-order valence-electron chi connectivity index (χ2n) is 7.13. The van der Waals surface area contributed by atoms with Crippen molar-refractivity contribution in [2.75, 3.05) is 16.0 Å². The Morgan fingerprint density at radius 1 is 1.10 bits per heavy atom. The second-order valence-corrected chi connectivity index (χ2v) is 9.23. The smallest absolute Gasteiger partial charge is 0.238 e. The van der Waals surface area contributed by atoms with Crippen LogP contribution in [0.4, 0.5) is 11.4 Å². The Bertz CT molecular complexity index is 1050. The number of amides is 2. The lowest BCUT2D eigenvalue weighted by atomic mass is 10.1. The fourth-order valence-corrected chi connectivity index (χ4v) is 5.24. The first-order valence-electron chi connectivity index (χ1n) is 9.44. The van der Waals surface area contributed by atoms with Gasteiger partial charge in [0.2, 0.25) is 11.8 Å². The maximum atomic E-state index is 12.6. The number of hydrogen-bond donors (Lipinski definition) is 1. The molecule has 1 aromatic heterocycles. The highest BCUT2D eigenvalue weighted by molar-refractivity contribution is 8.00. The Balaban J connectivity index is 1.55. The average Bonchev–Trinajstić information content (AvgIpc) is 3.34. The Morgan fingerprint density at radius 2 is 1.97 bits per heavy atom. The molecule has 0 aliphatic carbocycles. The summed E-state index contributed by atoms with van der Waals surface area (Å²) in [7, 11) is 0. The molecule has 2 aromatic carbocycles. The Morgan fingerprint density at radius 3 is 2.72 bits per heavy atom. The zero-order valence-corrected chi connectivity index (χ0v) is 18.0. The molecule has 1 saturated heterocycles. The number of carbonyl (C=O) groups is 2. The molecule has 29 heavy (non-hydrogen) atoms. The standard InChI is InChI=1S/C23H22N2O2S2/c1-15-8-9-19(11-16(15)2)25-22(27)14-29-23(25)17-5-3-6-18(12-17)24-21(26)13-20-7-4-10-28-20/h3-12,23H,13-14H2,1-2H3,(H,24,26). The van der Waals surface area contributed by atoms with E-state index in [4.69, 9.17) is 0 Å². The molecule has 6 heteroatoms. The van der Waals surface area contributed by atoms with Crippen LogP contribution in [0.2, 0.25) is 0 Å². The maximum Gasteiger partial charge on any atom is 0.238 e. The molecule has 0 radical (unpaired) electrons. The zero-order chi connectivity index (χ0) is 20.4. The Kier molecular flexibility index (Phi) is 5.74. The fraction of sp³-hybridized carbons (Fsp3) is 0.217. The minimum Gasteiger partial charge on any atom is -0.326 e. The van der Waals surface area contributed by atoms with E-state index < -0.39 is 0 Å². The first-order valence-corrected chi connectivity index (χ1v) is 11.4. The van der Waals surface area contributed by atoms with Gasteiger partial charge >= 0.3 is 0 Å². The fourth-order valence-electron chi connectivity index (χ4n) is 3.37. The predicted octanol–water partition coefficient (Wildman–Crippen LogP) is 5.32. The van der Waals surface area contributed by atoms with E-state index in [2.05, 4.69) is 31.3 Å². The number of benzene rings is 2. The zero-order valence-electron chi connectivity index (χ0n) is 16.3. The van der Waals surface area contributed by atoms with E-state index in [9.17, 15) is 9.59 Å². The minimum atomic E-state index is -0.0984. The van der Waals surface area contributed by atoms with Gasteiger partial charge in [0.25, 0.3) is 0 Å². The van der Waals surface area contributed by atoms with Gasteiger partial charge < -0.3 is 5.32 Å². The van der Waals surface area contributed by atoms with Crippen LogP contribution in [0.3, 0.4) is 0 Å². The first kappa shape index (κ1) is 19.7. The van der Waals surface area contributed by atoms with Gasteiger partial charge in [-0.3, -0.25) is 14.5 Å². The second kappa shape index (κ2) is 8.43. The molecule has 2 amide bonds. The largest absolute Gasteiger partial charge is 0.326 e. The van der Waals surface area contributed by atoms with E-state index in [1.54, 1.807) is 23.1 Å². The molecule has 1 unspecified atom stereocenters. The van der Waals surface area contributed by atoms with Gasteiger partial charge in [-0.1, -0.05) is 24.3 Å². The summed E-state index contributed by atoms with van der Waals surface area (Å²) in [5, 5.41) is 4.85. The van der Waals surface area contributed by atoms with E-state index >= 15 is 0 Å². The van der Waals surface area contributed by atoms with Crippen LogP contribution in [0.25, 0.3) is 0 Å². The summed E-state index contributed by atoms with van der Waals surface area (Å²) in [6.45, 7) is 4.13. The lowest BCUT2D eigenvalue weighted by Crippen LogP contribution is -2.28. The molecule has 0 bridgehead atoms. The number of carbonyl (C=O) groups excluding carboxylic acids is 2. The lowest BCUT2D eigenvalue weighted by molar-refractivity contribution is -0.116. The van der Waals surface area contributed by atoms with Crippen molar-refractivity contribution in [2.24, 2.45) is 0 Å². The molecule has 1 atom stereocenters. The van der Waals surface area contributed by atoms with Gasteiger partial charge in [-0.25, -0.2) is 0 Å². The van der Waals surface area contributed by atoms with Crippen LogP contribution in [0.5, 0.6) is 0 Å². The molecular weight excluding hydrogens is 400 g/mol. The monoisotopic (exact) mass is 422 g/mol. The molecule has 1 N–H and O–H groups in total. The van der Waals surface area contributed by atoms with Crippen molar-refractivity contribution in [1.82, 2.24) is 0 Å². The molecule has 3 aromatic rings. The summed E-state index contributed by atoms with van der Waals surface area (Å²) in [5.41, 5.74) is 5.05. The number of nitrogens with one attached hydrogen (secondary N) is 1. The highest BCUT2D eigenvalue weighted by atomic mass is 32.2. The van der Waals surface area contributed by atoms with Crippen LogP contribution in [0, 0.1) is 13.8 Å². The number of thiophene rings is 1. The van der Waals surface area contributed by atoms with E-state index in [1.165, 1.54) is 11.1 Å². The SMILES string of the molecule is Cc1ccc(N2C(=O)CSC2c2cccc(NC(=O)Cc3cccs3)c2)cc1C. The molecule has 1 aliphatic heterocycles. The van der Waals surface area contributed by atoms with Crippen LogP contribution < -0.4 is 10.2 Å². The van der Waals surface area contributed by atoms with Crippen LogP contribution in [-0.4, -0.2) is 17.6 Å². The molecule has 148 valence electrons. The van der Waals surface area contributed by atoms with Crippen molar-refractivity contribution in [1.29, 1.82) is 0 Å². The van der Waals surface area contributed by atoms with E-state index in [0.717, 1.165) is 21.8 Å². The summed E-state index contributed by atoms with van der Waals surface area (Å²) >= 11 is 3.19. The Hall–Kier alpha value is -2.57. The highest BCUT2D eigenvalue weighted by Gasteiger charge is 2.34. The quantitative estimate of drug-likeness (QED) is 0.605. The van der Waals surface area contributed by atoms with Crippen molar-refractivity contribution in [3.63, 3.8) is 0 Å². The van der Waals surface area contributed by atoms with E-state index in [0.29, 0.717) is 12.2 Å². The van der Waals surface area contributed by atoms with E-state index in [-0.39, 0.29) is 17.2 Å². The molecule has 4 rings (SSSR count). The molecule has 0 spiro atoms. The summed E-state index contributed by atoms with van der Waals surface area (Å²) in [5.74, 6) is 0.521. The van der Waals surface area contributed by atoms with Crippen molar-refractivity contribution >= 4 is 46.3 Å². The van der Waals surface area contributed by atoms with Crippen molar-refractivity contribution in [3.05, 3.63) is 81.5 Å². The first-order chi connectivity index (χ1) is 14.0. The van der Waals surface area contributed by atoms with Crippen LogP contribution in [-0.2, 0) is 16.0 Å². The topological polar surface area (TPSA) is 49.4 Å². The Labute approximate surface area is 178 Å². The van der Waals surface area contributed by atoms with Gasteiger partial charge in [0.1, 0.15) is 5.37 Å². The summed E-state index contributed by atoms with van der Waals surface area (Å²) < 4.78 is 0. The number of thioether (sulfide) groups is 1. The molecule has 2 heterocycles. The molecule has 1 aliphatic rings. The van der Waals surface area contributed by atoms with E-state index in [1.807, 2.05) is 52.7 Å². The normalized spacial score (nSPS) is 16.3. The minimum absolute atomic E-state index is 0.0363. The number of nitrogens with zero attached hydrogens (tertiary/aromatic N) is 1. The number of aryl methyl sites for hydroxylation is 2. The van der Waals surface area contributed by atoms with Crippen LogP contribution in [0.1, 0.15) is 26.9 Å². The maximum absolute atomic E-state index is 12.6. The highest BCUT2D eigenvalue weighted by Crippen LogP contribution is 2.42. The molecular formula is C23H22N2O2S2. The van der Waals surface area contributed by atoms with Gasteiger partial charge in [-0.05, 0) is 66.2 Å². The summed E-state index contributed by atoms with van der Waals surface area (Å²) in [6.07, 6.45) is 0.368. The summed E-state index contributed by atoms with van der Waals surface area (Å²) in [6, 6.07) is 17.8. The third kappa shape index (κ3) is 4.38. The van der Waals surface area contributed by atoms with Gasteiger partial charge in [-0.15, -0.1) is 23.1 Å². The van der Waals surface area contributed by atoms with Gasteiger partial charge in [-0.2, -0.15) is 0 Å². The average molecular weight is 423 g/mol. The number of rotatable bonds is 5. The third-order valence-electron chi connectivity index (χ3n) is 5.01. The van der Waals surface area contributed by atoms with Gasteiger partial charge in [0.15, 0.2) is 0 Å². The van der Waals surface area contributed by atoms with Crippen LogP contribution >= 0.6 is 23.1 Å². The number of hydrogen-bond acceptors (Lipinski definition) is 4. The lowest BCUT2D eigenvalue weighted by Gasteiger charge is -2.25. The van der Waals surface area contributed by atoms with Gasteiger partial charge in [0.05, 0.1) is 12.2 Å². The van der Waals surface area contributed by atoms with Crippen molar-refractivity contribution in [2.45, 2.75) is 25.6 Å². The number of anilines is 2. The third-order valence-corrected chi connectivity index (χ3v) is 7.10. The molecule has 4 nitrogen and oxygen atoms in total. The molecule has 0 saturated carbocycles. The molecule has 1 fully saturated rings. The van der Waals surface area contributed by atoms with Crippen molar-refractivity contribution < 1.29 is 9.59 Å². The van der Waals surface area contributed by atoms with Gasteiger partial charge in [0, 0.05) is 16.3 Å². The van der Waals surface area contributed by atoms with Crippen LogP contribution in [0.15, 0.2) is 60.0 Å². The van der Waals surface area contributed by atoms with Crippen molar-refractivity contribution in [3.8, 4) is 0 Å².